The molecule has 0 bridgehead atoms. The highest BCUT2D eigenvalue weighted by molar-refractivity contribution is 7.80. The second-order valence-electron chi connectivity index (χ2n) is 11.1. The molecule has 5 rings (SSSR count). The average Bonchev–Trinajstić information content (AvgIpc) is 3.27. The van der Waals surface area contributed by atoms with Gasteiger partial charge in [0.25, 0.3) is 5.91 Å². The van der Waals surface area contributed by atoms with Gasteiger partial charge >= 0.3 is 5.97 Å². The summed E-state index contributed by atoms with van der Waals surface area (Å²) >= 11 is 5.76. The summed E-state index contributed by atoms with van der Waals surface area (Å²) in [4.78, 5) is 46.9. The van der Waals surface area contributed by atoms with Gasteiger partial charge < -0.3 is 19.9 Å². The van der Waals surface area contributed by atoms with Crippen LogP contribution in [0.3, 0.4) is 0 Å². The fourth-order valence-electron chi connectivity index (χ4n) is 5.68. The van der Waals surface area contributed by atoms with Crippen LogP contribution >= 0.6 is 12.2 Å². The van der Waals surface area contributed by atoms with E-state index < -0.39 is 17.8 Å². The van der Waals surface area contributed by atoms with Crippen molar-refractivity contribution in [2.24, 2.45) is 0 Å². The fraction of sp³-hybridized carbons (Fsp3) is 0.353. The molecular formula is C34H38FN5O4S. The lowest BCUT2D eigenvalue weighted by atomic mass is 10.1. The number of piperazine rings is 1. The molecule has 2 amide bonds. The maximum Gasteiger partial charge on any atom is 0.338 e. The third-order valence-corrected chi connectivity index (χ3v) is 8.47. The summed E-state index contributed by atoms with van der Waals surface area (Å²) in [6, 6.07) is 21.7. The molecule has 9 nitrogen and oxygen atoms in total. The quantitative estimate of drug-likeness (QED) is 0.231. The van der Waals surface area contributed by atoms with Crippen molar-refractivity contribution in [3.05, 3.63) is 95.8 Å². The number of hydrogen-bond acceptors (Lipinski definition) is 7. The first-order valence-corrected chi connectivity index (χ1v) is 15.7. The van der Waals surface area contributed by atoms with E-state index in [1.165, 1.54) is 34.7 Å². The molecule has 3 aromatic rings. The third-order valence-electron chi connectivity index (χ3n) is 8.05. The van der Waals surface area contributed by atoms with E-state index in [9.17, 15) is 18.8 Å². The maximum absolute atomic E-state index is 13.7. The van der Waals surface area contributed by atoms with Gasteiger partial charge in [-0.05, 0) is 86.2 Å². The second kappa shape index (κ2) is 15.2. The summed E-state index contributed by atoms with van der Waals surface area (Å²) in [5.41, 5.74) is 2.65. The van der Waals surface area contributed by atoms with Crippen LogP contribution < -0.4 is 10.2 Å². The molecule has 3 aromatic carbocycles. The van der Waals surface area contributed by atoms with Gasteiger partial charge in [-0.1, -0.05) is 30.3 Å². The lowest BCUT2D eigenvalue weighted by Gasteiger charge is -2.35. The van der Waals surface area contributed by atoms with Crippen LogP contribution in [0, 0.1) is 5.82 Å². The Balaban J connectivity index is 1.20. The fourth-order valence-corrected chi connectivity index (χ4v) is 6.10. The number of nitrogens with zero attached hydrogens (tertiary/aromatic N) is 4. The zero-order valence-corrected chi connectivity index (χ0v) is 26.2. The minimum Gasteiger partial charge on any atom is -0.462 e. The minimum absolute atomic E-state index is 0.117. The zero-order valence-electron chi connectivity index (χ0n) is 25.4. The number of carbonyl (C=O) groups is 3. The van der Waals surface area contributed by atoms with Crippen LogP contribution in [-0.2, 0) is 20.9 Å². The molecular weight excluding hydrogens is 593 g/mol. The topological polar surface area (TPSA) is 85.4 Å². The molecule has 0 radical (unpaired) electrons. The lowest BCUT2D eigenvalue weighted by molar-refractivity contribution is -0.124. The summed E-state index contributed by atoms with van der Waals surface area (Å²) in [7, 11) is 0. The number of hydrogen-bond donors (Lipinski definition) is 1. The maximum atomic E-state index is 13.7. The first-order valence-electron chi connectivity index (χ1n) is 15.3. The van der Waals surface area contributed by atoms with E-state index in [-0.39, 0.29) is 24.8 Å². The van der Waals surface area contributed by atoms with E-state index in [1.807, 2.05) is 11.0 Å². The van der Waals surface area contributed by atoms with Crippen LogP contribution in [0.5, 0.6) is 0 Å². The summed E-state index contributed by atoms with van der Waals surface area (Å²) in [5, 5.41) is 3.12. The Hall–Kier alpha value is -4.19. The number of nitrogens with one attached hydrogen (secondary N) is 1. The first-order chi connectivity index (χ1) is 21.8. The predicted octanol–water partition coefficient (Wildman–Crippen LogP) is 4.54. The molecule has 1 atom stereocenters. The molecule has 0 saturated carbocycles. The van der Waals surface area contributed by atoms with Crippen LogP contribution in [-0.4, -0.2) is 89.5 Å². The van der Waals surface area contributed by atoms with E-state index >= 15 is 0 Å². The number of rotatable bonds is 12. The molecule has 2 heterocycles. The number of ether oxygens (including phenoxy) is 1. The number of thiocarbonyl (C=S) groups is 1. The van der Waals surface area contributed by atoms with Crippen LogP contribution in [0.25, 0.3) is 0 Å². The van der Waals surface area contributed by atoms with E-state index in [0.717, 1.165) is 45.7 Å². The zero-order chi connectivity index (χ0) is 31.8. The monoisotopic (exact) mass is 631 g/mol. The predicted molar refractivity (Wildman–Crippen MR) is 175 cm³/mol. The van der Waals surface area contributed by atoms with Crippen molar-refractivity contribution in [2.75, 3.05) is 56.1 Å². The highest BCUT2D eigenvalue weighted by Gasteiger charge is 2.44. The molecule has 45 heavy (non-hydrogen) atoms. The molecule has 2 saturated heterocycles. The summed E-state index contributed by atoms with van der Waals surface area (Å²) in [6.45, 7) is 8.17. The molecule has 0 aliphatic carbocycles. The van der Waals surface area contributed by atoms with Crippen molar-refractivity contribution >= 4 is 46.5 Å². The van der Waals surface area contributed by atoms with Crippen molar-refractivity contribution in [3.8, 4) is 0 Å². The Kier molecular flexibility index (Phi) is 10.9. The largest absolute Gasteiger partial charge is 0.462 e. The van der Waals surface area contributed by atoms with Crippen molar-refractivity contribution in [1.82, 2.24) is 14.7 Å². The van der Waals surface area contributed by atoms with Gasteiger partial charge in [0.15, 0.2) is 5.11 Å². The van der Waals surface area contributed by atoms with E-state index in [0.29, 0.717) is 28.6 Å². The van der Waals surface area contributed by atoms with E-state index in [1.54, 1.807) is 31.2 Å². The Morgan fingerprint density at radius 1 is 0.911 bits per heavy atom. The molecule has 2 aliphatic heterocycles. The van der Waals surface area contributed by atoms with Gasteiger partial charge in [-0.3, -0.25) is 19.4 Å². The number of carbonyl (C=O) groups excluding carboxylic acids is 3. The normalized spacial score (nSPS) is 17.5. The molecule has 2 aliphatic rings. The number of amides is 2. The molecule has 1 N–H and O–H groups in total. The van der Waals surface area contributed by atoms with Gasteiger partial charge in [0.1, 0.15) is 11.9 Å². The highest BCUT2D eigenvalue weighted by atomic mass is 32.1. The van der Waals surface area contributed by atoms with Gasteiger partial charge in [-0.15, -0.1) is 0 Å². The lowest BCUT2D eigenvalue weighted by Crippen LogP contribution is -2.47. The average molecular weight is 632 g/mol. The Morgan fingerprint density at radius 2 is 1.58 bits per heavy atom. The van der Waals surface area contributed by atoms with Crippen molar-refractivity contribution in [3.63, 3.8) is 0 Å². The Bertz CT molecular complexity index is 1480. The first kappa shape index (κ1) is 32.2. The van der Waals surface area contributed by atoms with E-state index in [4.69, 9.17) is 17.0 Å². The van der Waals surface area contributed by atoms with Crippen molar-refractivity contribution < 1.29 is 23.5 Å². The van der Waals surface area contributed by atoms with Gasteiger partial charge in [-0.2, -0.15) is 0 Å². The Morgan fingerprint density at radius 3 is 2.24 bits per heavy atom. The molecule has 0 aromatic heterocycles. The summed E-state index contributed by atoms with van der Waals surface area (Å²) < 4.78 is 18.7. The standard InChI is InChI=1S/C34H38FN5O4S/c1-2-44-33(43)26-9-13-28(14-10-26)36-31(41)23-30-32(42)40(29-15-11-27(35)12-16-29)34(45)39(30)18-6-17-37-19-21-38(22-20-37)24-25-7-4-3-5-8-25/h3-5,7-16,30H,2,6,17-24H2,1H3,(H,36,41). The van der Waals surface area contributed by atoms with Crippen LogP contribution in [0.4, 0.5) is 15.8 Å². The molecule has 0 spiro atoms. The van der Waals surface area contributed by atoms with Gasteiger partial charge in [-0.25, -0.2) is 9.18 Å². The highest BCUT2D eigenvalue weighted by Crippen LogP contribution is 2.28. The minimum atomic E-state index is -0.802. The van der Waals surface area contributed by atoms with Crippen LogP contribution in [0.2, 0.25) is 0 Å². The second-order valence-corrected chi connectivity index (χ2v) is 11.5. The number of halogens is 1. The van der Waals surface area contributed by atoms with Crippen LogP contribution in [0.15, 0.2) is 78.9 Å². The van der Waals surface area contributed by atoms with Gasteiger partial charge in [0, 0.05) is 45.0 Å². The molecule has 11 heteroatoms. The van der Waals surface area contributed by atoms with Gasteiger partial charge in [0.2, 0.25) is 5.91 Å². The molecule has 236 valence electrons. The molecule has 1 unspecified atom stereocenters. The third kappa shape index (κ3) is 8.30. The SMILES string of the molecule is CCOC(=O)c1ccc(NC(=O)CC2C(=O)N(c3ccc(F)cc3)C(=S)N2CCCN2CCN(Cc3ccccc3)CC2)cc1. The Labute approximate surface area is 268 Å². The smallest absolute Gasteiger partial charge is 0.338 e. The molecule has 2 fully saturated rings. The number of esters is 1. The summed E-state index contributed by atoms with van der Waals surface area (Å²) in [6.07, 6.45) is 0.644. The van der Waals surface area contributed by atoms with Crippen molar-refractivity contribution in [2.45, 2.75) is 32.4 Å². The van der Waals surface area contributed by atoms with E-state index in [2.05, 4.69) is 39.4 Å². The van der Waals surface area contributed by atoms with Crippen LogP contribution in [0.1, 0.15) is 35.7 Å². The summed E-state index contributed by atoms with van der Waals surface area (Å²) in [5.74, 6) is -1.54. The number of benzene rings is 3. The van der Waals surface area contributed by atoms with Gasteiger partial charge in [0.05, 0.1) is 24.3 Å². The van der Waals surface area contributed by atoms with Crippen molar-refractivity contribution in [1.29, 1.82) is 0 Å². The number of anilines is 2.